The van der Waals surface area contributed by atoms with Crippen molar-refractivity contribution < 1.29 is 4.74 Å². The van der Waals surface area contributed by atoms with E-state index in [1.54, 1.807) is 0 Å². The molecule has 0 amide bonds. The number of rotatable bonds is 9. The molecule has 1 saturated heterocycles. The van der Waals surface area contributed by atoms with Crippen LogP contribution in [0.25, 0.3) is 10.8 Å². The average Bonchev–Trinajstić information content (AvgIpc) is 3.13. The molecular weight excluding hydrogens is 571 g/mol. The lowest BCUT2D eigenvalue weighted by Crippen LogP contribution is -2.26. The number of hydrogen-bond donors (Lipinski definition) is 1. The molecule has 0 aliphatic carbocycles. The highest BCUT2D eigenvalue weighted by Crippen LogP contribution is 2.27. The van der Waals surface area contributed by atoms with Crippen LogP contribution in [-0.4, -0.2) is 19.7 Å². The standard InChI is InChI=1S/C25H35NO.C11H10.C3H8.C2H6.2C2H4/c1-20(2)25-10-6-5-9-23(25)8-4-3-7-19-27-24-13-11-21(12-14-24)22-15-17-26-18-16-22;1-9-6-7-10-4-2-3-5-11(10)8-9;1-3-2;3*1-2/h5-6,9-14,20,22,26H,3-4,7-8,15-19H2,1-2H3;2-8H,1H3;3H2,1-2H3;1-2H3;2*1-2H2. The zero-order valence-corrected chi connectivity index (χ0v) is 31.1. The van der Waals surface area contributed by atoms with Crippen LogP contribution in [0.15, 0.2) is 117 Å². The Labute approximate surface area is 290 Å². The van der Waals surface area contributed by atoms with E-state index in [4.69, 9.17) is 4.74 Å². The van der Waals surface area contributed by atoms with Gasteiger partial charge in [-0.05, 0) is 110 Å². The summed E-state index contributed by atoms with van der Waals surface area (Å²) in [6.07, 6.45) is 8.51. The van der Waals surface area contributed by atoms with Gasteiger partial charge in [-0.15, -0.1) is 26.3 Å². The molecule has 0 atom stereocenters. The minimum Gasteiger partial charge on any atom is -0.494 e. The molecular formula is C45H67NO. The lowest BCUT2D eigenvalue weighted by molar-refractivity contribution is 0.305. The van der Waals surface area contributed by atoms with Crippen molar-refractivity contribution in [3.8, 4) is 5.75 Å². The minimum atomic E-state index is 0.609. The Morgan fingerprint density at radius 3 is 1.91 bits per heavy atom. The van der Waals surface area contributed by atoms with E-state index < -0.39 is 0 Å². The molecule has 0 bridgehead atoms. The van der Waals surface area contributed by atoms with Gasteiger partial charge in [0.1, 0.15) is 5.75 Å². The van der Waals surface area contributed by atoms with Crippen LogP contribution in [0.5, 0.6) is 5.75 Å². The number of ether oxygens (including phenoxy) is 1. The van der Waals surface area contributed by atoms with Crippen molar-refractivity contribution in [3.63, 3.8) is 0 Å². The van der Waals surface area contributed by atoms with Gasteiger partial charge in [0.15, 0.2) is 0 Å². The minimum absolute atomic E-state index is 0.609. The summed E-state index contributed by atoms with van der Waals surface area (Å²) in [6, 6.07) is 32.6. The van der Waals surface area contributed by atoms with E-state index in [-0.39, 0.29) is 0 Å². The lowest BCUT2D eigenvalue weighted by Gasteiger charge is -2.23. The van der Waals surface area contributed by atoms with Gasteiger partial charge in [0.2, 0.25) is 0 Å². The first-order valence-electron chi connectivity index (χ1n) is 18.0. The molecule has 258 valence electrons. The maximum absolute atomic E-state index is 5.95. The van der Waals surface area contributed by atoms with Gasteiger partial charge in [0.05, 0.1) is 6.61 Å². The highest BCUT2D eigenvalue weighted by atomic mass is 16.5. The van der Waals surface area contributed by atoms with Gasteiger partial charge in [-0.1, -0.05) is 132 Å². The molecule has 0 radical (unpaired) electrons. The average molecular weight is 638 g/mol. The number of aryl methyl sites for hydroxylation is 2. The SMILES string of the molecule is C=C.C=C.CC.CC(C)c1ccccc1CCCCCOc1ccc(C2CCNCC2)cc1.CCC.Cc1ccc2ccccc2c1. The van der Waals surface area contributed by atoms with Gasteiger partial charge in [-0.2, -0.15) is 0 Å². The van der Waals surface area contributed by atoms with E-state index in [1.807, 2.05) is 13.8 Å². The third-order valence-corrected chi connectivity index (χ3v) is 7.63. The molecule has 1 N–H and O–H groups in total. The Hall–Kier alpha value is -3.62. The van der Waals surface area contributed by atoms with E-state index in [9.17, 15) is 0 Å². The summed E-state index contributed by atoms with van der Waals surface area (Å²) in [5, 5.41) is 6.08. The van der Waals surface area contributed by atoms with Crippen molar-refractivity contribution in [3.05, 3.63) is 140 Å². The largest absolute Gasteiger partial charge is 0.494 e. The molecule has 47 heavy (non-hydrogen) atoms. The second-order valence-electron chi connectivity index (χ2n) is 11.7. The van der Waals surface area contributed by atoms with Gasteiger partial charge in [-0.3, -0.25) is 0 Å². The normalized spacial score (nSPS) is 11.8. The molecule has 0 saturated carbocycles. The molecule has 1 aliphatic heterocycles. The molecule has 4 aromatic carbocycles. The van der Waals surface area contributed by atoms with Gasteiger partial charge in [-0.25, -0.2) is 0 Å². The summed E-state index contributed by atoms with van der Waals surface area (Å²) >= 11 is 0. The maximum Gasteiger partial charge on any atom is 0.119 e. The highest BCUT2D eigenvalue weighted by molar-refractivity contribution is 5.82. The van der Waals surface area contributed by atoms with Crippen LogP contribution in [0.3, 0.4) is 0 Å². The van der Waals surface area contributed by atoms with Crippen molar-refractivity contribution in [1.29, 1.82) is 0 Å². The molecule has 2 heteroatoms. The monoisotopic (exact) mass is 638 g/mol. The third kappa shape index (κ3) is 17.8. The molecule has 0 unspecified atom stereocenters. The summed E-state index contributed by atoms with van der Waals surface area (Å²) in [4.78, 5) is 0. The van der Waals surface area contributed by atoms with E-state index >= 15 is 0 Å². The first-order chi connectivity index (χ1) is 23.0. The summed E-state index contributed by atoms with van der Waals surface area (Å²) in [7, 11) is 0. The second kappa shape index (κ2) is 28.6. The Morgan fingerprint density at radius 1 is 0.723 bits per heavy atom. The van der Waals surface area contributed by atoms with Crippen LogP contribution in [-0.2, 0) is 6.42 Å². The van der Waals surface area contributed by atoms with E-state index in [0.29, 0.717) is 11.8 Å². The van der Waals surface area contributed by atoms with Crippen molar-refractivity contribution >= 4 is 10.8 Å². The number of piperidine rings is 1. The summed E-state index contributed by atoms with van der Waals surface area (Å²) in [5.41, 5.74) is 5.81. The summed E-state index contributed by atoms with van der Waals surface area (Å²) < 4.78 is 5.95. The fourth-order valence-electron chi connectivity index (χ4n) is 5.41. The second-order valence-corrected chi connectivity index (χ2v) is 11.7. The predicted octanol–water partition coefficient (Wildman–Crippen LogP) is 13.3. The molecule has 5 rings (SSSR count). The van der Waals surface area contributed by atoms with E-state index in [2.05, 4.69) is 157 Å². The van der Waals surface area contributed by atoms with Crippen molar-refractivity contribution in [1.82, 2.24) is 5.32 Å². The van der Waals surface area contributed by atoms with E-state index in [1.165, 1.54) is 71.6 Å². The third-order valence-electron chi connectivity index (χ3n) is 7.63. The van der Waals surface area contributed by atoms with Gasteiger partial charge in [0.25, 0.3) is 0 Å². The quantitative estimate of drug-likeness (QED) is 0.146. The zero-order chi connectivity index (χ0) is 35.3. The van der Waals surface area contributed by atoms with Crippen LogP contribution in [0.1, 0.15) is 114 Å². The van der Waals surface area contributed by atoms with E-state index in [0.717, 1.165) is 31.9 Å². The Balaban J connectivity index is 0.000000872. The zero-order valence-electron chi connectivity index (χ0n) is 31.1. The molecule has 0 aromatic heterocycles. The first kappa shape index (κ1) is 43.4. The Morgan fingerprint density at radius 2 is 1.30 bits per heavy atom. The van der Waals surface area contributed by atoms with Crippen molar-refractivity contribution in [2.75, 3.05) is 19.7 Å². The van der Waals surface area contributed by atoms with Gasteiger partial charge >= 0.3 is 0 Å². The lowest BCUT2D eigenvalue weighted by atomic mass is 9.90. The molecule has 1 fully saturated rings. The fourth-order valence-corrected chi connectivity index (χ4v) is 5.41. The van der Waals surface area contributed by atoms with Crippen LogP contribution in [0.2, 0.25) is 0 Å². The number of hydrogen-bond acceptors (Lipinski definition) is 2. The number of benzene rings is 4. The number of fused-ring (bicyclic) bond motifs is 1. The smallest absolute Gasteiger partial charge is 0.119 e. The van der Waals surface area contributed by atoms with Crippen LogP contribution >= 0.6 is 0 Å². The predicted molar refractivity (Wildman–Crippen MR) is 213 cm³/mol. The molecule has 4 aromatic rings. The highest BCUT2D eigenvalue weighted by Gasteiger charge is 2.14. The summed E-state index contributed by atoms with van der Waals surface area (Å²) in [5.74, 6) is 2.34. The van der Waals surface area contributed by atoms with Crippen LogP contribution in [0, 0.1) is 6.92 Å². The fraction of sp³-hybridized carbons (Fsp3) is 0.422. The Kier molecular flexibility index (Phi) is 26.4. The molecule has 1 aliphatic rings. The summed E-state index contributed by atoms with van der Waals surface area (Å²) in [6.45, 7) is 30.0. The molecule has 0 spiro atoms. The molecule has 2 nitrogen and oxygen atoms in total. The van der Waals surface area contributed by atoms with Crippen molar-refractivity contribution in [2.45, 2.75) is 105 Å². The number of unbranched alkanes of at least 4 members (excludes halogenated alkanes) is 2. The first-order valence-corrected chi connectivity index (χ1v) is 18.0. The van der Waals surface area contributed by atoms with Gasteiger partial charge in [0, 0.05) is 0 Å². The maximum atomic E-state index is 5.95. The molecule has 1 heterocycles. The topological polar surface area (TPSA) is 21.3 Å². The van der Waals surface area contributed by atoms with Crippen LogP contribution < -0.4 is 10.1 Å². The Bertz CT molecular complexity index is 1280. The van der Waals surface area contributed by atoms with Gasteiger partial charge < -0.3 is 10.1 Å². The van der Waals surface area contributed by atoms with Crippen LogP contribution in [0.4, 0.5) is 0 Å². The van der Waals surface area contributed by atoms with Crippen molar-refractivity contribution in [2.24, 2.45) is 0 Å². The number of nitrogens with one attached hydrogen (secondary N) is 1.